The zero-order valence-corrected chi connectivity index (χ0v) is 14.2. The SMILES string of the molecule is COC(=O)C1=C(C(=O)OC)N(c2ccc([N+](=O)[O-])cc2S)C=CC=C1. The Balaban J connectivity index is 2.67. The number of carbonyl (C=O) groups is 2. The van der Waals surface area contributed by atoms with E-state index in [0.717, 1.165) is 0 Å². The number of nitrogens with zero attached hydrogens (tertiary/aromatic N) is 2. The molecule has 1 aromatic rings. The molecule has 0 N–H and O–H groups in total. The van der Waals surface area contributed by atoms with E-state index < -0.39 is 16.9 Å². The van der Waals surface area contributed by atoms with Crippen LogP contribution < -0.4 is 4.90 Å². The fraction of sp³-hybridized carbons (Fsp3) is 0.125. The van der Waals surface area contributed by atoms with E-state index in [0.29, 0.717) is 5.69 Å². The number of benzene rings is 1. The van der Waals surface area contributed by atoms with Crippen LogP contribution in [0, 0.1) is 10.1 Å². The van der Waals surface area contributed by atoms with E-state index in [1.807, 2.05) is 0 Å². The summed E-state index contributed by atoms with van der Waals surface area (Å²) in [6.45, 7) is 0. The molecule has 0 amide bonds. The molecule has 0 saturated carbocycles. The second-order valence-corrected chi connectivity index (χ2v) is 5.23. The second kappa shape index (κ2) is 7.67. The number of hydrogen-bond acceptors (Lipinski definition) is 8. The van der Waals surface area contributed by atoms with E-state index in [4.69, 9.17) is 9.47 Å². The zero-order chi connectivity index (χ0) is 18.6. The first-order valence-corrected chi connectivity index (χ1v) is 7.37. The number of carbonyl (C=O) groups excluding carboxylic acids is 2. The molecule has 0 atom stereocenters. The third kappa shape index (κ3) is 3.72. The number of nitro benzene ring substituents is 1. The number of esters is 2. The van der Waals surface area contributed by atoms with Crippen LogP contribution in [0.3, 0.4) is 0 Å². The Morgan fingerprint density at radius 2 is 1.84 bits per heavy atom. The highest BCUT2D eigenvalue weighted by atomic mass is 32.1. The Labute approximate surface area is 148 Å². The Morgan fingerprint density at radius 3 is 2.40 bits per heavy atom. The second-order valence-electron chi connectivity index (χ2n) is 4.75. The topological polar surface area (TPSA) is 99.0 Å². The molecule has 0 spiro atoms. The highest BCUT2D eigenvalue weighted by Crippen LogP contribution is 2.33. The summed E-state index contributed by atoms with van der Waals surface area (Å²) in [5, 5.41) is 10.9. The van der Waals surface area contributed by atoms with Gasteiger partial charge in [-0.05, 0) is 18.2 Å². The highest BCUT2D eigenvalue weighted by molar-refractivity contribution is 7.80. The molecule has 1 aromatic carbocycles. The third-order valence-corrected chi connectivity index (χ3v) is 3.68. The number of non-ortho nitro benzene ring substituents is 1. The van der Waals surface area contributed by atoms with Crippen LogP contribution in [0.25, 0.3) is 0 Å². The van der Waals surface area contributed by atoms with Crippen LogP contribution in [0.5, 0.6) is 0 Å². The van der Waals surface area contributed by atoms with Gasteiger partial charge in [0.2, 0.25) is 0 Å². The average molecular weight is 362 g/mol. The molecular formula is C16H14N2O6S. The van der Waals surface area contributed by atoms with Gasteiger partial charge in [0.05, 0.1) is 30.4 Å². The van der Waals surface area contributed by atoms with Crippen LogP contribution in [0.1, 0.15) is 0 Å². The molecule has 1 heterocycles. The first-order chi connectivity index (χ1) is 11.9. The predicted molar refractivity (Wildman–Crippen MR) is 92.2 cm³/mol. The van der Waals surface area contributed by atoms with Crippen LogP contribution in [-0.2, 0) is 19.1 Å². The fourth-order valence-corrected chi connectivity index (χ4v) is 2.49. The number of hydrogen-bond donors (Lipinski definition) is 1. The molecule has 0 fully saturated rings. The lowest BCUT2D eigenvalue weighted by Gasteiger charge is -2.24. The number of anilines is 1. The molecule has 1 aliphatic rings. The monoisotopic (exact) mass is 362 g/mol. The van der Waals surface area contributed by atoms with Crippen LogP contribution in [-0.4, -0.2) is 31.1 Å². The molecule has 9 heteroatoms. The lowest BCUT2D eigenvalue weighted by atomic mass is 10.1. The van der Waals surface area contributed by atoms with E-state index in [-0.39, 0.29) is 21.9 Å². The summed E-state index contributed by atoms with van der Waals surface area (Å²) in [6.07, 6.45) is 6.07. The Morgan fingerprint density at radius 1 is 1.16 bits per heavy atom. The van der Waals surface area contributed by atoms with E-state index in [1.54, 1.807) is 12.2 Å². The lowest BCUT2D eigenvalue weighted by Crippen LogP contribution is -2.27. The zero-order valence-electron chi connectivity index (χ0n) is 13.3. The van der Waals surface area contributed by atoms with Crippen molar-refractivity contribution in [1.29, 1.82) is 0 Å². The van der Waals surface area contributed by atoms with Crippen molar-refractivity contribution >= 4 is 35.9 Å². The minimum absolute atomic E-state index is 0.0227. The quantitative estimate of drug-likeness (QED) is 0.380. The van der Waals surface area contributed by atoms with Crippen LogP contribution in [0.2, 0.25) is 0 Å². The van der Waals surface area contributed by atoms with Gasteiger partial charge in [0.15, 0.2) is 0 Å². The lowest BCUT2D eigenvalue weighted by molar-refractivity contribution is -0.385. The summed E-state index contributed by atoms with van der Waals surface area (Å²) in [5.41, 5.74) is 0.0899. The molecule has 1 aliphatic heterocycles. The summed E-state index contributed by atoms with van der Waals surface area (Å²) in [4.78, 5) is 36.3. The van der Waals surface area contributed by atoms with Gasteiger partial charge in [0.25, 0.3) is 5.69 Å². The van der Waals surface area contributed by atoms with Gasteiger partial charge in [-0.25, -0.2) is 9.59 Å². The molecule has 0 bridgehead atoms. The first kappa shape index (κ1) is 18.3. The van der Waals surface area contributed by atoms with Crippen LogP contribution in [0.15, 0.2) is 58.8 Å². The van der Waals surface area contributed by atoms with Crippen LogP contribution >= 0.6 is 12.6 Å². The van der Waals surface area contributed by atoms with Crippen molar-refractivity contribution in [2.75, 3.05) is 19.1 Å². The summed E-state index contributed by atoms with van der Waals surface area (Å²) < 4.78 is 9.49. The number of nitro groups is 1. The maximum atomic E-state index is 12.3. The third-order valence-electron chi connectivity index (χ3n) is 3.32. The van der Waals surface area contributed by atoms with Gasteiger partial charge in [-0.2, -0.15) is 0 Å². The van der Waals surface area contributed by atoms with Crippen molar-refractivity contribution in [3.63, 3.8) is 0 Å². The fourth-order valence-electron chi connectivity index (χ4n) is 2.18. The van der Waals surface area contributed by atoms with Gasteiger partial charge in [-0.1, -0.05) is 6.08 Å². The van der Waals surface area contributed by atoms with Crippen molar-refractivity contribution in [3.8, 4) is 0 Å². The summed E-state index contributed by atoms with van der Waals surface area (Å²) >= 11 is 4.26. The van der Waals surface area contributed by atoms with Gasteiger partial charge in [0, 0.05) is 23.2 Å². The number of allylic oxidation sites excluding steroid dienone is 2. The molecule has 0 saturated heterocycles. The van der Waals surface area contributed by atoms with Crippen molar-refractivity contribution < 1.29 is 24.0 Å². The Hall–Kier alpha value is -3.07. The smallest absolute Gasteiger partial charge is 0.355 e. The number of thiol groups is 1. The summed E-state index contributed by atoms with van der Waals surface area (Å²) in [6, 6.07) is 3.94. The maximum absolute atomic E-state index is 12.3. The van der Waals surface area contributed by atoms with Crippen molar-refractivity contribution in [3.05, 3.63) is 64.0 Å². The standard InChI is InChI=1S/C16H14N2O6S/c1-23-15(19)11-5-3-4-8-17(14(11)16(20)24-2)12-7-6-10(18(21)22)9-13(12)25/h3-9,25H,1-2H3. The maximum Gasteiger partial charge on any atom is 0.355 e. The Kier molecular flexibility index (Phi) is 5.60. The van der Waals surface area contributed by atoms with Gasteiger partial charge < -0.3 is 14.4 Å². The largest absolute Gasteiger partial charge is 0.465 e. The minimum Gasteiger partial charge on any atom is -0.465 e. The molecule has 8 nitrogen and oxygen atoms in total. The van der Waals surface area contributed by atoms with Gasteiger partial charge in [-0.3, -0.25) is 10.1 Å². The Bertz CT molecular complexity index is 828. The predicted octanol–water partition coefficient (Wildman–Crippen LogP) is 2.37. The van der Waals surface area contributed by atoms with Crippen molar-refractivity contribution in [2.45, 2.75) is 4.90 Å². The molecule has 0 radical (unpaired) electrons. The van der Waals surface area contributed by atoms with Crippen molar-refractivity contribution in [1.82, 2.24) is 0 Å². The number of ether oxygens (including phenoxy) is 2. The van der Waals surface area contributed by atoms with E-state index in [2.05, 4.69) is 12.6 Å². The van der Waals surface area contributed by atoms with E-state index >= 15 is 0 Å². The van der Waals surface area contributed by atoms with E-state index in [9.17, 15) is 19.7 Å². The molecule has 130 valence electrons. The number of rotatable bonds is 4. The highest BCUT2D eigenvalue weighted by Gasteiger charge is 2.28. The summed E-state index contributed by atoms with van der Waals surface area (Å²) in [5.74, 6) is -1.50. The van der Waals surface area contributed by atoms with Crippen LogP contribution in [0.4, 0.5) is 11.4 Å². The first-order valence-electron chi connectivity index (χ1n) is 6.93. The molecule has 0 unspecified atom stereocenters. The van der Waals surface area contributed by atoms with Gasteiger partial charge in [-0.15, -0.1) is 12.6 Å². The molecule has 25 heavy (non-hydrogen) atoms. The van der Waals surface area contributed by atoms with Crippen molar-refractivity contribution in [2.24, 2.45) is 0 Å². The van der Waals surface area contributed by atoms with Gasteiger partial charge >= 0.3 is 11.9 Å². The molecule has 0 aliphatic carbocycles. The minimum atomic E-state index is -0.775. The van der Waals surface area contributed by atoms with Gasteiger partial charge in [0.1, 0.15) is 5.70 Å². The normalized spacial score (nSPS) is 13.5. The summed E-state index contributed by atoms with van der Waals surface area (Å²) in [7, 11) is 2.37. The molecule has 2 rings (SSSR count). The molecular weight excluding hydrogens is 348 g/mol. The number of methoxy groups -OCH3 is 2. The van der Waals surface area contributed by atoms with E-state index in [1.165, 1.54) is 49.6 Å². The average Bonchev–Trinajstić information content (AvgIpc) is 2.82. The molecule has 0 aromatic heterocycles.